The molecule has 3 heteroatoms. The number of benzene rings is 2. The molecule has 116 valence electrons. The SMILES string of the molecule is CNCCC(c1ccccc1)C1CNc2cc(OC)ccc21. The van der Waals surface area contributed by atoms with E-state index in [0.29, 0.717) is 11.8 Å². The van der Waals surface area contributed by atoms with Crippen molar-refractivity contribution in [1.82, 2.24) is 5.32 Å². The van der Waals surface area contributed by atoms with E-state index in [0.717, 1.165) is 25.3 Å². The minimum Gasteiger partial charge on any atom is -0.497 e. The van der Waals surface area contributed by atoms with E-state index in [1.807, 2.05) is 7.05 Å². The summed E-state index contributed by atoms with van der Waals surface area (Å²) in [5, 5.41) is 6.84. The van der Waals surface area contributed by atoms with E-state index < -0.39 is 0 Å². The molecule has 2 aromatic rings. The highest BCUT2D eigenvalue weighted by Gasteiger charge is 2.30. The summed E-state index contributed by atoms with van der Waals surface area (Å²) >= 11 is 0. The van der Waals surface area contributed by atoms with Gasteiger partial charge in [0.25, 0.3) is 0 Å². The van der Waals surface area contributed by atoms with Crippen molar-refractivity contribution in [3.63, 3.8) is 0 Å². The molecule has 0 aliphatic carbocycles. The largest absolute Gasteiger partial charge is 0.497 e. The van der Waals surface area contributed by atoms with Crippen LogP contribution in [-0.4, -0.2) is 27.2 Å². The van der Waals surface area contributed by atoms with Gasteiger partial charge in [0, 0.05) is 24.2 Å². The summed E-state index contributed by atoms with van der Waals surface area (Å²) in [7, 11) is 3.74. The lowest BCUT2D eigenvalue weighted by Gasteiger charge is -2.24. The Morgan fingerprint density at radius 1 is 1.23 bits per heavy atom. The lowest BCUT2D eigenvalue weighted by Crippen LogP contribution is -2.19. The number of ether oxygens (including phenoxy) is 1. The average Bonchev–Trinajstić information content (AvgIpc) is 2.99. The van der Waals surface area contributed by atoms with E-state index in [1.165, 1.54) is 16.8 Å². The summed E-state index contributed by atoms with van der Waals surface area (Å²) in [5.41, 5.74) is 4.05. The van der Waals surface area contributed by atoms with Gasteiger partial charge in [0.1, 0.15) is 5.75 Å². The summed E-state index contributed by atoms with van der Waals surface area (Å²) in [6, 6.07) is 17.3. The molecular weight excluding hydrogens is 272 g/mol. The Kier molecular flexibility index (Phi) is 4.64. The molecule has 0 saturated heterocycles. The quantitative estimate of drug-likeness (QED) is 0.854. The number of fused-ring (bicyclic) bond motifs is 1. The first-order valence-corrected chi connectivity index (χ1v) is 7.95. The second-order valence-corrected chi connectivity index (χ2v) is 5.85. The van der Waals surface area contributed by atoms with Crippen LogP contribution in [0.5, 0.6) is 5.75 Å². The third-order valence-corrected chi connectivity index (χ3v) is 4.59. The molecular formula is C19H24N2O. The molecule has 1 heterocycles. The van der Waals surface area contributed by atoms with Gasteiger partial charge >= 0.3 is 0 Å². The molecule has 1 aliphatic rings. The van der Waals surface area contributed by atoms with Crippen LogP contribution >= 0.6 is 0 Å². The molecule has 2 aromatic carbocycles. The third-order valence-electron chi connectivity index (χ3n) is 4.59. The van der Waals surface area contributed by atoms with Gasteiger partial charge in [-0.05, 0) is 43.1 Å². The maximum Gasteiger partial charge on any atom is 0.120 e. The van der Waals surface area contributed by atoms with Crippen LogP contribution < -0.4 is 15.4 Å². The molecule has 3 nitrogen and oxygen atoms in total. The Morgan fingerprint density at radius 3 is 2.77 bits per heavy atom. The topological polar surface area (TPSA) is 33.3 Å². The maximum absolute atomic E-state index is 5.33. The maximum atomic E-state index is 5.33. The van der Waals surface area contributed by atoms with Crippen LogP contribution in [0.3, 0.4) is 0 Å². The van der Waals surface area contributed by atoms with Gasteiger partial charge in [0.2, 0.25) is 0 Å². The number of anilines is 1. The van der Waals surface area contributed by atoms with Crippen molar-refractivity contribution >= 4 is 5.69 Å². The van der Waals surface area contributed by atoms with Gasteiger partial charge in [-0.3, -0.25) is 0 Å². The third kappa shape index (κ3) is 2.95. The second-order valence-electron chi connectivity index (χ2n) is 5.85. The van der Waals surface area contributed by atoms with Gasteiger partial charge in [-0.15, -0.1) is 0 Å². The Bertz CT molecular complexity index is 612. The lowest BCUT2D eigenvalue weighted by molar-refractivity contribution is 0.415. The van der Waals surface area contributed by atoms with Gasteiger partial charge < -0.3 is 15.4 Å². The van der Waals surface area contributed by atoms with Crippen molar-refractivity contribution in [2.24, 2.45) is 0 Å². The van der Waals surface area contributed by atoms with E-state index in [1.54, 1.807) is 7.11 Å². The molecule has 2 atom stereocenters. The Morgan fingerprint density at radius 2 is 2.05 bits per heavy atom. The van der Waals surface area contributed by atoms with E-state index in [4.69, 9.17) is 4.74 Å². The first-order valence-electron chi connectivity index (χ1n) is 7.95. The minimum absolute atomic E-state index is 0.511. The molecule has 0 spiro atoms. The van der Waals surface area contributed by atoms with Gasteiger partial charge in [-0.1, -0.05) is 36.4 Å². The van der Waals surface area contributed by atoms with Crippen LogP contribution in [0, 0.1) is 0 Å². The summed E-state index contributed by atoms with van der Waals surface area (Å²) in [6.07, 6.45) is 1.14. The Labute approximate surface area is 132 Å². The number of nitrogens with one attached hydrogen (secondary N) is 2. The smallest absolute Gasteiger partial charge is 0.120 e. The van der Waals surface area contributed by atoms with Crippen LogP contribution in [-0.2, 0) is 0 Å². The molecule has 0 saturated carbocycles. The fourth-order valence-corrected chi connectivity index (χ4v) is 3.43. The molecule has 0 bridgehead atoms. The van der Waals surface area contributed by atoms with E-state index >= 15 is 0 Å². The van der Waals surface area contributed by atoms with E-state index in [-0.39, 0.29) is 0 Å². The van der Waals surface area contributed by atoms with Crippen LogP contribution in [0.1, 0.15) is 29.4 Å². The van der Waals surface area contributed by atoms with Crippen molar-refractivity contribution < 1.29 is 4.74 Å². The zero-order chi connectivity index (χ0) is 15.4. The molecule has 0 amide bonds. The van der Waals surface area contributed by atoms with Crippen molar-refractivity contribution in [3.05, 3.63) is 59.7 Å². The van der Waals surface area contributed by atoms with Crippen LogP contribution in [0.15, 0.2) is 48.5 Å². The Hall–Kier alpha value is -2.00. The van der Waals surface area contributed by atoms with Gasteiger partial charge in [0.05, 0.1) is 7.11 Å². The monoisotopic (exact) mass is 296 g/mol. The van der Waals surface area contributed by atoms with Crippen LogP contribution in [0.4, 0.5) is 5.69 Å². The van der Waals surface area contributed by atoms with Gasteiger partial charge in [0.15, 0.2) is 0 Å². The molecule has 2 N–H and O–H groups in total. The highest BCUT2D eigenvalue weighted by atomic mass is 16.5. The number of hydrogen-bond acceptors (Lipinski definition) is 3. The van der Waals surface area contributed by atoms with Crippen LogP contribution in [0.2, 0.25) is 0 Å². The normalized spacial score (nSPS) is 17.6. The zero-order valence-electron chi connectivity index (χ0n) is 13.3. The fourth-order valence-electron chi connectivity index (χ4n) is 3.43. The molecule has 3 rings (SSSR count). The fraction of sp³-hybridized carbons (Fsp3) is 0.368. The van der Waals surface area contributed by atoms with Crippen molar-refractivity contribution in [1.29, 1.82) is 0 Å². The summed E-state index contributed by atoms with van der Waals surface area (Å²) in [6.45, 7) is 2.02. The van der Waals surface area contributed by atoms with Gasteiger partial charge in [-0.25, -0.2) is 0 Å². The summed E-state index contributed by atoms with van der Waals surface area (Å²) in [5.74, 6) is 1.95. The van der Waals surface area contributed by atoms with E-state index in [9.17, 15) is 0 Å². The predicted molar refractivity (Wildman–Crippen MR) is 92.0 cm³/mol. The van der Waals surface area contributed by atoms with Crippen molar-refractivity contribution in [2.75, 3.05) is 32.6 Å². The standard InChI is InChI=1S/C19H24N2O/c1-20-11-10-16(14-6-4-3-5-7-14)18-13-21-19-12-15(22-2)8-9-17(18)19/h3-9,12,16,18,20-21H,10-11,13H2,1-2H3. The summed E-state index contributed by atoms with van der Waals surface area (Å²) in [4.78, 5) is 0. The first kappa shape index (κ1) is 14.9. The number of rotatable bonds is 6. The second kappa shape index (κ2) is 6.84. The molecule has 2 unspecified atom stereocenters. The molecule has 22 heavy (non-hydrogen) atoms. The predicted octanol–water partition coefficient (Wildman–Crippen LogP) is 3.60. The van der Waals surface area contributed by atoms with Crippen molar-refractivity contribution in [2.45, 2.75) is 18.3 Å². The number of methoxy groups -OCH3 is 1. The zero-order valence-corrected chi connectivity index (χ0v) is 13.3. The lowest BCUT2D eigenvalue weighted by atomic mass is 9.80. The Balaban J connectivity index is 1.90. The number of hydrogen-bond donors (Lipinski definition) is 2. The highest BCUT2D eigenvalue weighted by molar-refractivity contribution is 5.61. The van der Waals surface area contributed by atoms with Crippen LogP contribution in [0.25, 0.3) is 0 Å². The average molecular weight is 296 g/mol. The van der Waals surface area contributed by atoms with Crippen molar-refractivity contribution in [3.8, 4) is 5.75 Å². The molecule has 0 radical (unpaired) electrons. The molecule has 0 aromatic heterocycles. The highest BCUT2D eigenvalue weighted by Crippen LogP contribution is 2.43. The minimum atomic E-state index is 0.511. The first-order chi connectivity index (χ1) is 10.8. The molecule has 1 aliphatic heterocycles. The van der Waals surface area contributed by atoms with Gasteiger partial charge in [-0.2, -0.15) is 0 Å². The van der Waals surface area contributed by atoms with E-state index in [2.05, 4.69) is 59.2 Å². The summed E-state index contributed by atoms with van der Waals surface area (Å²) < 4.78 is 5.33. The molecule has 0 fully saturated rings.